The summed E-state index contributed by atoms with van der Waals surface area (Å²) >= 11 is 0. The molecule has 0 aliphatic carbocycles. The van der Waals surface area contributed by atoms with E-state index in [0.717, 1.165) is 5.56 Å². The fraction of sp³-hybridized carbons (Fsp3) is 0.367. The minimum Gasteiger partial charge on any atom is -0.497 e. The summed E-state index contributed by atoms with van der Waals surface area (Å²) in [5, 5.41) is 12.8. The van der Waals surface area contributed by atoms with Gasteiger partial charge in [-0.05, 0) is 42.8 Å². The molecule has 3 atom stereocenters. The first kappa shape index (κ1) is 30.2. The van der Waals surface area contributed by atoms with Crippen LogP contribution in [0.2, 0.25) is 0 Å². The van der Waals surface area contributed by atoms with Crippen LogP contribution in [-0.4, -0.2) is 81.9 Å². The smallest absolute Gasteiger partial charge is 0.321 e. The molecule has 0 saturated carbocycles. The minimum absolute atomic E-state index is 0.00293. The van der Waals surface area contributed by atoms with Crippen molar-refractivity contribution in [1.82, 2.24) is 9.21 Å². The van der Waals surface area contributed by atoms with Crippen molar-refractivity contribution in [3.05, 3.63) is 66.7 Å². The first-order chi connectivity index (χ1) is 19.6. The Labute approximate surface area is 241 Å². The monoisotopic (exact) mass is 583 g/mol. The Kier molecular flexibility index (Phi) is 9.42. The summed E-state index contributed by atoms with van der Waals surface area (Å²) in [5.74, 6) is 1.09. The Hall–Kier alpha value is -3.80. The highest BCUT2D eigenvalue weighted by Gasteiger charge is 2.38. The Balaban J connectivity index is 1.70. The van der Waals surface area contributed by atoms with Gasteiger partial charge in [-0.1, -0.05) is 37.3 Å². The van der Waals surface area contributed by atoms with Crippen LogP contribution >= 0.6 is 0 Å². The van der Waals surface area contributed by atoms with Crippen LogP contribution in [0.4, 0.5) is 10.5 Å². The van der Waals surface area contributed by atoms with Crippen molar-refractivity contribution in [2.24, 2.45) is 5.92 Å². The number of anilines is 1. The fourth-order valence-electron chi connectivity index (χ4n) is 4.77. The topological polar surface area (TPSA) is 118 Å². The number of benzene rings is 3. The van der Waals surface area contributed by atoms with Gasteiger partial charge in [-0.2, -0.15) is 4.31 Å². The second-order valence-corrected chi connectivity index (χ2v) is 12.0. The number of hydrogen-bond acceptors (Lipinski definition) is 7. The molecule has 0 fully saturated rings. The van der Waals surface area contributed by atoms with E-state index in [1.54, 1.807) is 64.6 Å². The summed E-state index contributed by atoms with van der Waals surface area (Å²) in [4.78, 5) is 14.6. The number of aliphatic hydroxyl groups excluding tert-OH is 1. The van der Waals surface area contributed by atoms with E-state index in [9.17, 15) is 18.3 Å². The van der Waals surface area contributed by atoms with Gasteiger partial charge in [0.05, 0.1) is 27.4 Å². The van der Waals surface area contributed by atoms with Crippen LogP contribution in [0.3, 0.4) is 0 Å². The van der Waals surface area contributed by atoms with Crippen molar-refractivity contribution in [3.8, 4) is 28.4 Å². The highest BCUT2D eigenvalue weighted by molar-refractivity contribution is 7.89. The standard InChI is InChI=1S/C30H37N3O7S/c1-20-17-33(21(2)19-34)41(36,37)29-14-13-22(25-11-6-7-12-26(25)39-5)15-27(29)40-28(20)18-32(3)30(35)31-23-9-8-10-24(16-23)38-4/h6-16,20-21,28,34H,17-19H2,1-5H3,(H,31,35)/t20-,21+,28-/m1/s1. The number of sulfonamides is 1. The number of amides is 2. The van der Waals surface area contributed by atoms with Gasteiger partial charge in [-0.25, -0.2) is 13.2 Å². The Morgan fingerprint density at radius 3 is 2.59 bits per heavy atom. The lowest BCUT2D eigenvalue weighted by Crippen LogP contribution is -2.50. The lowest BCUT2D eigenvalue weighted by Gasteiger charge is -2.37. The van der Waals surface area contributed by atoms with Crippen molar-refractivity contribution in [3.63, 3.8) is 0 Å². The van der Waals surface area contributed by atoms with E-state index in [1.165, 1.54) is 15.3 Å². The maximum atomic E-state index is 13.8. The Bertz CT molecular complexity index is 1480. The maximum absolute atomic E-state index is 13.8. The number of likely N-dealkylation sites (N-methyl/N-ethyl adjacent to an activating group) is 1. The lowest BCUT2D eigenvalue weighted by molar-refractivity contribution is 0.0830. The predicted molar refractivity (Wildman–Crippen MR) is 157 cm³/mol. The maximum Gasteiger partial charge on any atom is 0.321 e. The van der Waals surface area contributed by atoms with Crippen molar-refractivity contribution < 1.29 is 32.5 Å². The summed E-state index contributed by atoms with van der Waals surface area (Å²) in [6, 6.07) is 18.4. The van der Waals surface area contributed by atoms with Crippen LogP contribution in [0.15, 0.2) is 71.6 Å². The third-order valence-corrected chi connectivity index (χ3v) is 9.23. The van der Waals surface area contributed by atoms with E-state index in [0.29, 0.717) is 22.7 Å². The molecule has 0 spiro atoms. The molecular weight excluding hydrogens is 546 g/mol. The van der Waals surface area contributed by atoms with E-state index in [4.69, 9.17) is 14.2 Å². The van der Waals surface area contributed by atoms with Crippen molar-refractivity contribution >= 4 is 21.7 Å². The van der Waals surface area contributed by atoms with Gasteiger partial charge in [0.15, 0.2) is 0 Å². The quantitative estimate of drug-likeness (QED) is 0.406. The average Bonchev–Trinajstić information content (AvgIpc) is 2.98. The SMILES string of the molecule is COc1cccc(NC(=O)N(C)C[C@H]2Oc3cc(-c4ccccc4OC)ccc3S(=O)(=O)N([C@@H](C)CO)C[C@H]2C)c1. The second-order valence-electron chi connectivity index (χ2n) is 10.1. The fourth-order valence-corrected chi connectivity index (χ4v) is 6.59. The highest BCUT2D eigenvalue weighted by atomic mass is 32.2. The molecule has 11 heteroatoms. The molecule has 1 heterocycles. The zero-order chi connectivity index (χ0) is 29.7. The second kappa shape index (κ2) is 12.8. The highest BCUT2D eigenvalue weighted by Crippen LogP contribution is 2.38. The van der Waals surface area contributed by atoms with E-state index in [1.807, 2.05) is 31.2 Å². The largest absolute Gasteiger partial charge is 0.497 e. The molecule has 1 aliphatic rings. The first-order valence-electron chi connectivity index (χ1n) is 13.3. The molecule has 2 N–H and O–H groups in total. The third kappa shape index (κ3) is 6.58. The zero-order valence-electron chi connectivity index (χ0n) is 23.9. The van der Waals surface area contributed by atoms with Gasteiger partial charge in [0.1, 0.15) is 28.2 Å². The Morgan fingerprint density at radius 2 is 1.88 bits per heavy atom. The molecule has 1 aliphatic heterocycles. The number of nitrogens with zero attached hydrogens (tertiary/aromatic N) is 2. The van der Waals surface area contributed by atoms with E-state index >= 15 is 0 Å². The summed E-state index contributed by atoms with van der Waals surface area (Å²) < 4.78 is 46.1. The number of methoxy groups -OCH3 is 2. The van der Waals surface area contributed by atoms with Crippen LogP contribution in [-0.2, 0) is 10.0 Å². The number of rotatable bonds is 8. The lowest BCUT2D eigenvalue weighted by atomic mass is 10.0. The molecule has 0 saturated heterocycles. The number of para-hydroxylation sites is 1. The van der Waals surface area contributed by atoms with Gasteiger partial charge >= 0.3 is 6.03 Å². The molecule has 0 aromatic heterocycles. The molecule has 220 valence electrons. The number of aliphatic hydroxyl groups is 1. The van der Waals surface area contributed by atoms with Crippen LogP contribution < -0.4 is 19.5 Å². The summed E-state index contributed by atoms with van der Waals surface area (Å²) in [6.07, 6.45) is -0.563. The molecule has 4 rings (SSSR count). The van der Waals surface area contributed by atoms with Crippen molar-refractivity contribution in [1.29, 1.82) is 0 Å². The van der Waals surface area contributed by atoms with Crippen molar-refractivity contribution in [2.45, 2.75) is 30.9 Å². The van der Waals surface area contributed by atoms with Crippen LogP contribution in [0.1, 0.15) is 13.8 Å². The molecule has 0 radical (unpaired) electrons. The molecule has 10 nitrogen and oxygen atoms in total. The van der Waals surface area contributed by atoms with Gasteiger partial charge in [-0.15, -0.1) is 0 Å². The number of fused-ring (bicyclic) bond motifs is 1. The number of carbonyl (C=O) groups is 1. The van der Waals surface area contributed by atoms with Crippen LogP contribution in [0, 0.1) is 5.92 Å². The molecular formula is C30H37N3O7S. The number of urea groups is 1. The molecule has 0 bridgehead atoms. The third-order valence-electron chi connectivity index (χ3n) is 7.21. The number of ether oxygens (including phenoxy) is 3. The van der Waals surface area contributed by atoms with E-state index in [2.05, 4.69) is 5.32 Å². The summed E-state index contributed by atoms with van der Waals surface area (Å²) in [6.45, 7) is 3.48. The molecule has 0 unspecified atom stereocenters. The van der Waals surface area contributed by atoms with Crippen LogP contribution in [0.25, 0.3) is 11.1 Å². The van der Waals surface area contributed by atoms with Gasteiger partial charge in [0.2, 0.25) is 10.0 Å². The molecule has 2 amide bonds. The number of hydrogen-bond donors (Lipinski definition) is 2. The molecule has 41 heavy (non-hydrogen) atoms. The minimum atomic E-state index is -4.00. The first-order valence-corrected chi connectivity index (χ1v) is 14.8. The zero-order valence-corrected chi connectivity index (χ0v) is 24.7. The normalized spacial score (nSPS) is 19.1. The molecule has 3 aromatic carbocycles. The number of carbonyl (C=O) groups excluding carboxylic acids is 1. The van der Waals surface area contributed by atoms with Crippen LogP contribution in [0.5, 0.6) is 17.2 Å². The summed E-state index contributed by atoms with van der Waals surface area (Å²) in [5.41, 5.74) is 2.07. The molecule has 3 aromatic rings. The van der Waals surface area contributed by atoms with Gasteiger partial charge < -0.3 is 29.5 Å². The van der Waals surface area contributed by atoms with E-state index < -0.39 is 22.2 Å². The predicted octanol–water partition coefficient (Wildman–Crippen LogP) is 4.30. The van der Waals surface area contributed by atoms with Gasteiger partial charge in [0.25, 0.3) is 0 Å². The average molecular weight is 584 g/mol. The van der Waals surface area contributed by atoms with Crippen molar-refractivity contribution in [2.75, 3.05) is 46.3 Å². The summed E-state index contributed by atoms with van der Waals surface area (Å²) in [7, 11) is 0.779. The van der Waals surface area contributed by atoms with Gasteiger partial charge in [0, 0.05) is 42.9 Å². The number of nitrogens with one attached hydrogen (secondary N) is 1. The van der Waals surface area contributed by atoms with Gasteiger partial charge in [-0.3, -0.25) is 0 Å². The van der Waals surface area contributed by atoms with E-state index in [-0.39, 0.29) is 42.3 Å². The Morgan fingerprint density at radius 1 is 1.12 bits per heavy atom.